The van der Waals surface area contributed by atoms with Crippen LogP contribution < -0.4 is 5.32 Å². The molecule has 2 amide bonds. The van der Waals surface area contributed by atoms with Gasteiger partial charge in [0.2, 0.25) is 5.91 Å². The van der Waals surface area contributed by atoms with Gasteiger partial charge in [-0.1, -0.05) is 23.7 Å². The first-order valence-corrected chi connectivity index (χ1v) is 8.72. The van der Waals surface area contributed by atoms with E-state index in [0.717, 1.165) is 6.42 Å². The Morgan fingerprint density at radius 3 is 2.91 bits per heavy atom. The molecule has 0 fully saturated rings. The van der Waals surface area contributed by atoms with E-state index in [9.17, 15) is 9.59 Å². The molecule has 120 valence electrons. The van der Waals surface area contributed by atoms with Crippen LogP contribution in [0.1, 0.15) is 33.8 Å². The molecule has 6 heteroatoms. The monoisotopic (exact) mass is 348 g/mol. The van der Waals surface area contributed by atoms with Gasteiger partial charge in [0.05, 0.1) is 23.2 Å². The molecular weight excluding hydrogens is 332 g/mol. The number of halogens is 1. The minimum absolute atomic E-state index is 0.0200. The van der Waals surface area contributed by atoms with Gasteiger partial charge in [-0.2, -0.15) is 0 Å². The van der Waals surface area contributed by atoms with Crippen molar-refractivity contribution in [2.75, 3.05) is 13.1 Å². The van der Waals surface area contributed by atoms with Crippen molar-refractivity contribution in [3.63, 3.8) is 0 Å². The molecule has 3 rings (SSSR count). The summed E-state index contributed by atoms with van der Waals surface area (Å²) in [4.78, 5) is 27.7. The Labute approximate surface area is 144 Å². The van der Waals surface area contributed by atoms with Crippen molar-refractivity contribution in [2.45, 2.75) is 19.4 Å². The molecule has 23 heavy (non-hydrogen) atoms. The molecule has 0 bridgehead atoms. The number of amides is 2. The van der Waals surface area contributed by atoms with Crippen molar-refractivity contribution < 1.29 is 9.59 Å². The van der Waals surface area contributed by atoms with E-state index in [1.165, 1.54) is 10.4 Å². The quantitative estimate of drug-likeness (QED) is 0.925. The molecule has 1 N–H and O–H groups in total. The Balaban J connectivity index is 1.62. The number of rotatable bonds is 3. The molecular formula is C17H17ClN2O2S. The van der Waals surface area contributed by atoms with Gasteiger partial charge in [0, 0.05) is 11.4 Å². The lowest BCUT2D eigenvalue weighted by molar-refractivity contribution is -0.132. The first-order chi connectivity index (χ1) is 11.1. The van der Waals surface area contributed by atoms with Gasteiger partial charge in [0.1, 0.15) is 0 Å². The Hall–Kier alpha value is -1.85. The molecule has 2 aromatic rings. The average Bonchev–Trinajstić information content (AvgIpc) is 3.02. The smallest absolute Gasteiger partial charge is 0.253 e. The van der Waals surface area contributed by atoms with Crippen LogP contribution in [0.3, 0.4) is 0 Å². The molecule has 0 unspecified atom stereocenters. The van der Waals surface area contributed by atoms with E-state index in [2.05, 4.69) is 16.8 Å². The van der Waals surface area contributed by atoms with E-state index in [1.54, 1.807) is 35.6 Å². The summed E-state index contributed by atoms with van der Waals surface area (Å²) in [5.74, 6) is -0.403. The van der Waals surface area contributed by atoms with Gasteiger partial charge < -0.3 is 10.2 Å². The zero-order valence-electron chi connectivity index (χ0n) is 12.7. The number of thiophene rings is 1. The molecule has 1 aliphatic heterocycles. The number of carbonyl (C=O) groups is 2. The highest BCUT2D eigenvalue weighted by atomic mass is 35.5. The second-order valence-corrected chi connectivity index (χ2v) is 6.88. The Morgan fingerprint density at radius 1 is 1.35 bits per heavy atom. The zero-order chi connectivity index (χ0) is 16.4. The molecule has 0 radical (unpaired) electrons. The van der Waals surface area contributed by atoms with Gasteiger partial charge in [0.25, 0.3) is 5.91 Å². The maximum atomic E-state index is 12.4. The summed E-state index contributed by atoms with van der Waals surface area (Å²) in [7, 11) is 0. The highest BCUT2D eigenvalue weighted by molar-refractivity contribution is 7.10. The summed E-state index contributed by atoms with van der Waals surface area (Å²) in [6.45, 7) is 2.70. The summed E-state index contributed by atoms with van der Waals surface area (Å²) in [5.41, 5.74) is 1.60. The van der Waals surface area contributed by atoms with E-state index in [1.807, 2.05) is 11.8 Å². The van der Waals surface area contributed by atoms with Crippen LogP contribution in [0.4, 0.5) is 0 Å². The van der Waals surface area contributed by atoms with E-state index >= 15 is 0 Å². The van der Waals surface area contributed by atoms with Gasteiger partial charge in [0.15, 0.2) is 0 Å². The van der Waals surface area contributed by atoms with E-state index in [-0.39, 0.29) is 24.4 Å². The topological polar surface area (TPSA) is 49.4 Å². The average molecular weight is 349 g/mol. The molecule has 1 aromatic carbocycles. The number of carbonyl (C=O) groups excluding carboxylic acids is 2. The summed E-state index contributed by atoms with van der Waals surface area (Å²) in [6.07, 6.45) is 0.877. The molecule has 0 saturated carbocycles. The largest absolute Gasteiger partial charge is 0.343 e. The molecule has 1 aromatic heterocycles. The lowest BCUT2D eigenvalue weighted by Crippen LogP contribution is -2.44. The first kappa shape index (κ1) is 16.0. The van der Waals surface area contributed by atoms with Crippen LogP contribution in [-0.2, 0) is 11.2 Å². The number of benzene rings is 1. The van der Waals surface area contributed by atoms with Crippen molar-refractivity contribution in [2.24, 2.45) is 0 Å². The third kappa shape index (κ3) is 3.26. The predicted octanol–water partition coefficient (Wildman–Crippen LogP) is 3.28. The van der Waals surface area contributed by atoms with Crippen molar-refractivity contribution in [1.82, 2.24) is 10.2 Å². The minimum Gasteiger partial charge on any atom is -0.343 e. The van der Waals surface area contributed by atoms with E-state index < -0.39 is 0 Å². The fraction of sp³-hybridized carbons (Fsp3) is 0.294. The maximum absolute atomic E-state index is 12.4. The molecule has 0 saturated heterocycles. The van der Waals surface area contributed by atoms with E-state index in [0.29, 0.717) is 17.1 Å². The lowest BCUT2D eigenvalue weighted by Gasteiger charge is -2.33. The molecule has 1 atom stereocenters. The number of nitrogens with zero attached hydrogens (tertiary/aromatic N) is 1. The minimum atomic E-state index is -0.329. The van der Waals surface area contributed by atoms with Gasteiger partial charge >= 0.3 is 0 Å². The number of fused-ring (bicyclic) bond motifs is 1. The van der Waals surface area contributed by atoms with Crippen LogP contribution in [0, 0.1) is 0 Å². The van der Waals surface area contributed by atoms with Crippen LogP contribution in [0.25, 0.3) is 0 Å². The second-order valence-electron chi connectivity index (χ2n) is 5.47. The fourth-order valence-electron chi connectivity index (χ4n) is 2.85. The van der Waals surface area contributed by atoms with Crippen LogP contribution in [0.2, 0.25) is 5.02 Å². The third-order valence-electron chi connectivity index (χ3n) is 4.12. The highest BCUT2D eigenvalue weighted by Gasteiger charge is 2.28. The number of nitrogens with one attached hydrogen (secondary N) is 1. The van der Waals surface area contributed by atoms with Crippen molar-refractivity contribution >= 4 is 34.8 Å². The van der Waals surface area contributed by atoms with Crippen LogP contribution in [0.5, 0.6) is 0 Å². The Kier molecular flexibility index (Phi) is 4.68. The van der Waals surface area contributed by atoms with Crippen LogP contribution in [0.15, 0.2) is 35.7 Å². The van der Waals surface area contributed by atoms with Gasteiger partial charge in [-0.3, -0.25) is 9.59 Å². The van der Waals surface area contributed by atoms with Crippen molar-refractivity contribution in [3.05, 3.63) is 56.7 Å². The lowest BCUT2D eigenvalue weighted by atomic mass is 10.0. The Morgan fingerprint density at radius 2 is 2.13 bits per heavy atom. The molecule has 1 aliphatic rings. The molecule has 0 aliphatic carbocycles. The molecule has 2 heterocycles. The fourth-order valence-corrected chi connectivity index (χ4v) is 4.03. The summed E-state index contributed by atoms with van der Waals surface area (Å²) in [6, 6.07) is 8.93. The van der Waals surface area contributed by atoms with Crippen molar-refractivity contribution in [3.8, 4) is 0 Å². The van der Waals surface area contributed by atoms with Crippen molar-refractivity contribution in [1.29, 1.82) is 0 Å². The summed E-state index contributed by atoms with van der Waals surface area (Å²) >= 11 is 7.73. The number of hydrogen-bond donors (Lipinski definition) is 1. The van der Waals surface area contributed by atoms with Gasteiger partial charge in [-0.05, 0) is 42.5 Å². The molecule has 0 spiro atoms. The third-order valence-corrected chi connectivity index (χ3v) is 5.44. The Bertz CT molecular complexity index is 744. The normalized spacial score (nSPS) is 16.8. The SMILES string of the molecule is C[C@H]1c2ccsc2CCN1C(=O)CNC(=O)c1ccccc1Cl. The second kappa shape index (κ2) is 6.72. The van der Waals surface area contributed by atoms with E-state index in [4.69, 9.17) is 11.6 Å². The van der Waals surface area contributed by atoms with Crippen LogP contribution in [-0.4, -0.2) is 29.8 Å². The number of hydrogen-bond acceptors (Lipinski definition) is 3. The highest BCUT2D eigenvalue weighted by Crippen LogP contribution is 2.32. The maximum Gasteiger partial charge on any atom is 0.253 e. The predicted molar refractivity (Wildman–Crippen MR) is 91.9 cm³/mol. The van der Waals surface area contributed by atoms with Gasteiger partial charge in [-0.25, -0.2) is 0 Å². The zero-order valence-corrected chi connectivity index (χ0v) is 14.3. The first-order valence-electron chi connectivity index (χ1n) is 7.46. The standard InChI is InChI=1S/C17H17ClN2O2S/c1-11-12-7-9-23-15(12)6-8-20(11)16(21)10-19-17(22)13-4-2-3-5-14(13)18/h2-5,7,9,11H,6,8,10H2,1H3,(H,19,22)/t11-/m0/s1. The van der Waals surface area contributed by atoms with Crippen LogP contribution >= 0.6 is 22.9 Å². The van der Waals surface area contributed by atoms with Gasteiger partial charge in [-0.15, -0.1) is 11.3 Å². The summed E-state index contributed by atoms with van der Waals surface area (Å²) < 4.78 is 0. The summed E-state index contributed by atoms with van der Waals surface area (Å²) in [5, 5.41) is 5.11. The molecule has 4 nitrogen and oxygen atoms in total.